The molecule has 1 saturated heterocycles. The highest BCUT2D eigenvalue weighted by Crippen LogP contribution is 2.22. The van der Waals surface area contributed by atoms with Gasteiger partial charge in [0.15, 0.2) is 0 Å². The first-order valence-corrected chi connectivity index (χ1v) is 7.13. The fourth-order valence-electron chi connectivity index (χ4n) is 2.56. The van der Waals surface area contributed by atoms with E-state index in [1.807, 2.05) is 0 Å². The number of furan rings is 1. The highest BCUT2D eigenvalue weighted by Gasteiger charge is 2.12. The van der Waals surface area contributed by atoms with Gasteiger partial charge < -0.3 is 19.7 Å². The molecule has 4 nitrogen and oxygen atoms in total. The molecule has 1 fully saturated rings. The first kappa shape index (κ1) is 13.1. The van der Waals surface area contributed by atoms with Gasteiger partial charge in [-0.05, 0) is 49.2 Å². The average Bonchev–Trinajstić information content (AvgIpc) is 3.18. The molecule has 1 aliphatic heterocycles. The van der Waals surface area contributed by atoms with Crippen LogP contribution in [-0.4, -0.2) is 24.7 Å². The number of hydrogen-bond donors (Lipinski definition) is 2. The van der Waals surface area contributed by atoms with Crippen molar-refractivity contribution in [3.8, 4) is 0 Å². The Hall–Kier alpha value is -1.94. The maximum atomic E-state index is 9.93. The number of nitrogens with one attached hydrogen (secondary N) is 1. The Morgan fingerprint density at radius 2 is 1.90 bits per heavy atom. The van der Waals surface area contributed by atoms with E-state index in [0.29, 0.717) is 12.3 Å². The molecule has 2 N–H and O–H groups in total. The summed E-state index contributed by atoms with van der Waals surface area (Å²) in [5.74, 6) is 0.589. The summed E-state index contributed by atoms with van der Waals surface area (Å²) in [5.41, 5.74) is 2.29. The largest absolute Gasteiger partial charge is 0.467 e. The van der Waals surface area contributed by atoms with Crippen molar-refractivity contribution >= 4 is 11.4 Å². The van der Waals surface area contributed by atoms with Crippen molar-refractivity contribution in [3.63, 3.8) is 0 Å². The second-order valence-electron chi connectivity index (χ2n) is 5.15. The van der Waals surface area contributed by atoms with E-state index in [1.165, 1.54) is 18.5 Å². The Morgan fingerprint density at radius 1 is 1.15 bits per heavy atom. The van der Waals surface area contributed by atoms with E-state index in [1.54, 1.807) is 18.4 Å². The summed E-state index contributed by atoms with van der Waals surface area (Å²) >= 11 is 0. The summed E-state index contributed by atoms with van der Waals surface area (Å²) in [5, 5.41) is 13.2. The Kier molecular flexibility index (Phi) is 3.92. The summed E-state index contributed by atoms with van der Waals surface area (Å²) in [4.78, 5) is 2.40. The minimum absolute atomic E-state index is 0.441. The van der Waals surface area contributed by atoms with Gasteiger partial charge in [-0.15, -0.1) is 0 Å². The van der Waals surface area contributed by atoms with Crippen LogP contribution in [0.1, 0.15) is 24.7 Å². The van der Waals surface area contributed by atoms with E-state index in [2.05, 4.69) is 34.5 Å². The van der Waals surface area contributed by atoms with E-state index >= 15 is 0 Å². The zero-order valence-electron chi connectivity index (χ0n) is 11.5. The minimum Gasteiger partial charge on any atom is -0.467 e. The molecule has 1 aromatic heterocycles. The Balaban J connectivity index is 1.55. The molecule has 2 heterocycles. The van der Waals surface area contributed by atoms with E-state index < -0.39 is 6.10 Å². The highest BCUT2D eigenvalue weighted by atomic mass is 16.4. The summed E-state index contributed by atoms with van der Waals surface area (Å²) < 4.78 is 5.17. The first-order valence-electron chi connectivity index (χ1n) is 7.13. The van der Waals surface area contributed by atoms with Crippen molar-refractivity contribution in [2.75, 3.05) is 29.9 Å². The predicted molar refractivity (Wildman–Crippen MR) is 80.0 cm³/mol. The Morgan fingerprint density at radius 3 is 2.55 bits per heavy atom. The zero-order valence-corrected chi connectivity index (χ0v) is 11.5. The third-order valence-electron chi connectivity index (χ3n) is 3.71. The van der Waals surface area contributed by atoms with Gasteiger partial charge in [-0.25, -0.2) is 0 Å². The molecule has 4 heteroatoms. The fourth-order valence-corrected chi connectivity index (χ4v) is 2.56. The smallest absolute Gasteiger partial charge is 0.134 e. The number of nitrogens with zero attached hydrogens (tertiary/aromatic N) is 1. The Bertz CT molecular complexity index is 516. The Labute approximate surface area is 119 Å². The van der Waals surface area contributed by atoms with Crippen molar-refractivity contribution in [1.29, 1.82) is 0 Å². The second kappa shape index (κ2) is 6.01. The van der Waals surface area contributed by atoms with Crippen LogP contribution < -0.4 is 10.2 Å². The number of hydrogen-bond acceptors (Lipinski definition) is 4. The standard InChI is InChI=1S/C16H20N2O2/c19-15(16-4-3-11-20-16)12-17-13-5-7-14(8-6-13)18-9-1-2-10-18/h3-8,11,15,17,19H,1-2,9-10,12H2. The molecule has 0 spiro atoms. The molecule has 1 aromatic carbocycles. The number of anilines is 2. The van der Waals surface area contributed by atoms with Crippen molar-refractivity contribution in [1.82, 2.24) is 0 Å². The maximum absolute atomic E-state index is 9.93. The van der Waals surface area contributed by atoms with Gasteiger partial charge in [0, 0.05) is 31.0 Å². The molecule has 0 bridgehead atoms. The van der Waals surface area contributed by atoms with Crippen LogP contribution in [0.3, 0.4) is 0 Å². The molecule has 1 atom stereocenters. The first-order chi connectivity index (χ1) is 9.83. The molecule has 0 saturated carbocycles. The van der Waals surface area contributed by atoms with E-state index in [9.17, 15) is 5.11 Å². The van der Waals surface area contributed by atoms with Crippen molar-refractivity contribution in [2.45, 2.75) is 18.9 Å². The van der Waals surface area contributed by atoms with Crippen LogP contribution >= 0.6 is 0 Å². The molecule has 20 heavy (non-hydrogen) atoms. The van der Waals surface area contributed by atoms with E-state index in [-0.39, 0.29) is 0 Å². The number of aliphatic hydroxyl groups is 1. The molecule has 0 aliphatic carbocycles. The van der Waals surface area contributed by atoms with Crippen LogP contribution in [0.5, 0.6) is 0 Å². The SMILES string of the molecule is OC(CNc1ccc(N2CCCC2)cc1)c1ccco1. The summed E-state index contributed by atoms with van der Waals surface area (Å²) in [6, 6.07) is 11.9. The lowest BCUT2D eigenvalue weighted by Crippen LogP contribution is -2.17. The zero-order chi connectivity index (χ0) is 13.8. The van der Waals surface area contributed by atoms with E-state index in [4.69, 9.17) is 4.42 Å². The molecule has 106 valence electrons. The predicted octanol–water partition coefficient (Wildman–Crippen LogP) is 3.03. The van der Waals surface area contributed by atoms with Gasteiger partial charge in [-0.3, -0.25) is 0 Å². The highest BCUT2D eigenvalue weighted by molar-refractivity contribution is 5.55. The lowest BCUT2D eigenvalue weighted by Gasteiger charge is -2.18. The molecule has 0 radical (unpaired) electrons. The summed E-state index contributed by atoms with van der Waals surface area (Å²) in [6.07, 6.45) is 3.52. The monoisotopic (exact) mass is 272 g/mol. The minimum atomic E-state index is -0.622. The molecule has 2 aromatic rings. The van der Waals surface area contributed by atoms with Crippen molar-refractivity contribution < 1.29 is 9.52 Å². The molecule has 0 amide bonds. The summed E-state index contributed by atoms with van der Waals surface area (Å²) in [6.45, 7) is 2.75. The molecular formula is C16H20N2O2. The van der Waals surface area contributed by atoms with Crippen LogP contribution in [0.4, 0.5) is 11.4 Å². The molecule has 3 rings (SSSR count). The third-order valence-corrected chi connectivity index (χ3v) is 3.71. The van der Waals surface area contributed by atoms with Gasteiger partial charge in [-0.1, -0.05) is 0 Å². The molecular weight excluding hydrogens is 252 g/mol. The lowest BCUT2D eigenvalue weighted by atomic mass is 10.2. The quantitative estimate of drug-likeness (QED) is 0.878. The van der Waals surface area contributed by atoms with Crippen LogP contribution in [-0.2, 0) is 0 Å². The van der Waals surface area contributed by atoms with Gasteiger partial charge in [0.05, 0.1) is 6.26 Å². The van der Waals surface area contributed by atoms with Gasteiger partial charge in [0.1, 0.15) is 11.9 Å². The maximum Gasteiger partial charge on any atom is 0.134 e. The van der Waals surface area contributed by atoms with Gasteiger partial charge >= 0.3 is 0 Å². The van der Waals surface area contributed by atoms with Gasteiger partial charge in [-0.2, -0.15) is 0 Å². The fraction of sp³-hybridized carbons (Fsp3) is 0.375. The third kappa shape index (κ3) is 2.96. The van der Waals surface area contributed by atoms with Crippen LogP contribution in [0, 0.1) is 0 Å². The van der Waals surface area contributed by atoms with Crippen molar-refractivity contribution in [3.05, 3.63) is 48.4 Å². The molecule has 1 aliphatic rings. The normalized spacial score (nSPS) is 16.4. The average molecular weight is 272 g/mol. The van der Waals surface area contributed by atoms with E-state index in [0.717, 1.165) is 18.8 Å². The van der Waals surface area contributed by atoms with Crippen LogP contribution in [0.2, 0.25) is 0 Å². The number of aliphatic hydroxyl groups excluding tert-OH is 1. The van der Waals surface area contributed by atoms with Gasteiger partial charge in [0.2, 0.25) is 0 Å². The number of benzene rings is 1. The van der Waals surface area contributed by atoms with Crippen LogP contribution in [0.15, 0.2) is 47.1 Å². The topological polar surface area (TPSA) is 48.6 Å². The molecule has 1 unspecified atom stereocenters. The van der Waals surface area contributed by atoms with Gasteiger partial charge in [0.25, 0.3) is 0 Å². The second-order valence-corrected chi connectivity index (χ2v) is 5.15. The summed E-state index contributed by atoms with van der Waals surface area (Å²) in [7, 11) is 0. The number of rotatable bonds is 5. The lowest BCUT2D eigenvalue weighted by molar-refractivity contribution is 0.162. The van der Waals surface area contributed by atoms with Crippen LogP contribution in [0.25, 0.3) is 0 Å². The van der Waals surface area contributed by atoms with Crippen molar-refractivity contribution in [2.24, 2.45) is 0 Å².